The van der Waals surface area contributed by atoms with Gasteiger partial charge in [0.25, 0.3) is 11.8 Å². The Labute approximate surface area is 120 Å². The lowest BCUT2D eigenvalue weighted by Gasteiger charge is -2.13. The van der Waals surface area contributed by atoms with Crippen LogP contribution in [0.15, 0.2) is 24.3 Å². The molecule has 1 aromatic rings. The molecular formula is C13H16N2O6. The number of primary amides is 1. The fraction of sp³-hybridized carbons (Fsp3) is 0.308. The van der Waals surface area contributed by atoms with Crippen LogP contribution in [0.2, 0.25) is 0 Å². The van der Waals surface area contributed by atoms with E-state index in [-0.39, 0.29) is 18.8 Å². The number of amides is 2. The van der Waals surface area contributed by atoms with Crippen LogP contribution in [0.25, 0.3) is 0 Å². The van der Waals surface area contributed by atoms with E-state index in [4.69, 9.17) is 20.3 Å². The van der Waals surface area contributed by atoms with Gasteiger partial charge in [0.1, 0.15) is 5.75 Å². The second-order valence-electron chi connectivity index (χ2n) is 4.10. The number of hydrogen-bond donors (Lipinski definition) is 3. The average molecular weight is 296 g/mol. The van der Waals surface area contributed by atoms with Crippen molar-refractivity contribution in [3.63, 3.8) is 0 Å². The van der Waals surface area contributed by atoms with Crippen molar-refractivity contribution in [3.8, 4) is 5.75 Å². The topological polar surface area (TPSA) is 128 Å². The molecule has 0 saturated heterocycles. The van der Waals surface area contributed by atoms with Crippen LogP contribution in [0.3, 0.4) is 0 Å². The van der Waals surface area contributed by atoms with Crippen molar-refractivity contribution in [2.75, 3.05) is 20.3 Å². The Morgan fingerprint density at radius 1 is 1.29 bits per heavy atom. The fourth-order valence-electron chi connectivity index (χ4n) is 1.44. The molecule has 4 N–H and O–H groups in total. The van der Waals surface area contributed by atoms with Gasteiger partial charge in [0.2, 0.25) is 0 Å². The lowest BCUT2D eigenvalue weighted by atomic mass is 10.2. The van der Waals surface area contributed by atoms with Gasteiger partial charge in [-0.2, -0.15) is 0 Å². The Balaban J connectivity index is 2.65. The third-order valence-corrected chi connectivity index (χ3v) is 2.43. The van der Waals surface area contributed by atoms with Crippen LogP contribution in [-0.2, 0) is 14.3 Å². The van der Waals surface area contributed by atoms with Crippen molar-refractivity contribution in [1.29, 1.82) is 0 Å². The molecule has 0 spiro atoms. The number of ether oxygens (including phenoxy) is 2. The first-order valence-electron chi connectivity index (χ1n) is 5.97. The van der Waals surface area contributed by atoms with E-state index in [2.05, 4.69) is 5.32 Å². The van der Waals surface area contributed by atoms with Crippen LogP contribution < -0.4 is 15.8 Å². The largest absolute Gasteiger partial charge is 0.484 e. The minimum Gasteiger partial charge on any atom is -0.484 e. The summed E-state index contributed by atoms with van der Waals surface area (Å²) in [7, 11) is 1.34. The molecule has 0 aliphatic carbocycles. The number of aliphatic carboxylic acids is 1. The highest BCUT2D eigenvalue weighted by molar-refractivity contribution is 5.96. The molecule has 0 aliphatic heterocycles. The van der Waals surface area contributed by atoms with Crippen molar-refractivity contribution in [1.82, 2.24) is 5.32 Å². The van der Waals surface area contributed by atoms with Crippen LogP contribution in [-0.4, -0.2) is 49.3 Å². The van der Waals surface area contributed by atoms with Crippen molar-refractivity contribution >= 4 is 17.8 Å². The summed E-state index contributed by atoms with van der Waals surface area (Å²) < 4.78 is 9.76. The van der Waals surface area contributed by atoms with Crippen molar-refractivity contribution in [2.24, 2.45) is 5.73 Å². The standard InChI is InChI=1S/C13H16N2O6/c1-20-6-10(13(18)19)15-12(17)8-2-4-9(5-3-8)21-7-11(14)16/h2-5,10H,6-7H2,1H3,(H2,14,16)(H,15,17)(H,18,19). The fourth-order valence-corrected chi connectivity index (χ4v) is 1.44. The number of carboxylic acids is 1. The zero-order valence-electron chi connectivity index (χ0n) is 11.4. The van der Waals surface area contributed by atoms with Gasteiger partial charge in [-0.1, -0.05) is 0 Å². The normalized spacial score (nSPS) is 11.5. The molecule has 0 radical (unpaired) electrons. The van der Waals surface area contributed by atoms with Crippen molar-refractivity contribution in [3.05, 3.63) is 29.8 Å². The summed E-state index contributed by atoms with van der Waals surface area (Å²) in [5.74, 6) is -1.98. The smallest absolute Gasteiger partial charge is 0.328 e. The van der Waals surface area contributed by atoms with Gasteiger partial charge in [-0.05, 0) is 24.3 Å². The monoisotopic (exact) mass is 296 g/mol. The summed E-state index contributed by atoms with van der Waals surface area (Å²) in [4.78, 5) is 33.3. The van der Waals surface area contributed by atoms with Gasteiger partial charge >= 0.3 is 5.97 Å². The first-order valence-corrected chi connectivity index (χ1v) is 5.97. The summed E-state index contributed by atoms with van der Waals surface area (Å²) in [5.41, 5.74) is 5.19. The number of carbonyl (C=O) groups excluding carboxylic acids is 2. The van der Waals surface area contributed by atoms with E-state index in [0.717, 1.165) is 0 Å². The van der Waals surface area contributed by atoms with Gasteiger partial charge in [0.05, 0.1) is 6.61 Å². The molecule has 21 heavy (non-hydrogen) atoms. The first kappa shape index (κ1) is 16.4. The number of nitrogens with one attached hydrogen (secondary N) is 1. The SMILES string of the molecule is COCC(NC(=O)c1ccc(OCC(N)=O)cc1)C(=O)O. The summed E-state index contributed by atoms with van der Waals surface area (Å²) in [5, 5.41) is 11.2. The zero-order valence-corrected chi connectivity index (χ0v) is 11.4. The molecule has 8 heteroatoms. The number of methoxy groups -OCH3 is 1. The minimum absolute atomic E-state index is 0.138. The number of nitrogens with two attached hydrogens (primary N) is 1. The Hall–Kier alpha value is -2.61. The predicted octanol–water partition coefficient (Wildman–Crippen LogP) is -0.620. The molecule has 114 valence electrons. The molecule has 0 heterocycles. The molecule has 1 atom stereocenters. The summed E-state index contributed by atoms with van der Waals surface area (Å²) in [6.45, 7) is -0.401. The molecule has 0 saturated carbocycles. The molecule has 8 nitrogen and oxygen atoms in total. The summed E-state index contributed by atoms with van der Waals surface area (Å²) in [6.07, 6.45) is 0. The van der Waals surface area contributed by atoms with E-state index in [0.29, 0.717) is 5.75 Å². The maximum absolute atomic E-state index is 11.9. The third-order valence-electron chi connectivity index (χ3n) is 2.43. The molecule has 0 fully saturated rings. The second kappa shape index (κ2) is 7.85. The van der Waals surface area contributed by atoms with E-state index >= 15 is 0 Å². The molecular weight excluding hydrogens is 280 g/mol. The molecule has 1 aromatic carbocycles. The van der Waals surface area contributed by atoms with Crippen LogP contribution in [0.5, 0.6) is 5.75 Å². The highest BCUT2D eigenvalue weighted by atomic mass is 16.5. The Morgan fingerprint density at radius 2 is 1.90 bits per heavy atom. The molecule has 0 aliphatic rings. The first-order chi connectivity index (χ1) is 9.93. The number of benzene rings is 1. The summed E-state index contributed by atoms with van der Waals surface area (Å²) in [6, 6.07) is 4.70. The third kappa shape index (κ3) is 5.49. The number of carboxylic acid groups (broad SMARTS) is 1. The van der Waals surface area contributed by atoms with Crippen LogP contribution in [0.1, 0.15) is 10.4 Å². The lowest BCUT2D eigenvalue weighted by Crippen LogP contribution is -2.43. The maximum atomic E-state index is 11.9. The minimum atomic E-state index is -1.19. The van der Waals surface area contributed by atoms with Gasteiger partial charge in [0.15, 0.2) is 12.6 Å². The van der Waals surface area contributed by atoms with E-state index in [1.165, 1.54) is 31.4 Å². The number of hydrogen-bond acceptors (Lipinski definition) is 5. The van der Waals surface area contributed by atoms with Gasteiger partial charge in [-0.15, -0.1) is 0 Å². The van der Waals surface area contributed by atoms with E-state index < -0.39 is 23.8 Å². The quantitative estimate of drug-likeness (QED) is 0.586. The van der Waals surface area contributed by atoms with Gasteiger partial charge in [-0.25, -0.2) is 4.79 Å². The van der Waals surface area contributed by atoms with E-state index in [1.54, 1.807) is 0 Å². The molecule has 1 rings (SSSR count). The van der Waals surface area contributed by atoms with Gasteiger partial charge in [0, 0.05) is 12.7 Å². The molecule has 2 amide bonds. The zero-order chi connectivity index (χ0) is 15.8. The maximum Gasteiger partial charge on any atom is 0.328 e. The predicted molar refractivity (Wildman–Crippen MR) is 71.9 cm³/mol. The Morgan fingerprint density at radius 3 is 2.38 bits per heavy atom. The Bertz CT molecular complexity index is 514. The highest BCUT2D eigenvalue weighted by Crippen LogP contribution is 2.12. The highest BCUT2D eigenvalue weighted by Gasteiger charge is 2.20. The molecule has 0 aromatic heterocycles. The van der Waals surface area contributed by atoms with Crippen molar-refractivity contribution < 1.29 is 29.0 Å². The van der Waals surface area contributed by atoms with Crippen LogP contribution >= 0.6 is 0 Å². The van der Waals surface area contributed by atoms with Gasteiger partial charge in [-0.3, -0.25) is 9.59 Å². The van der Waals surface area contributed by atoms with E-state index in [9.17, 15) is 14.4 Å². The number of rotatable bonds is 8. The number of carbonyl (C=O) groups is 3. The lowest BCUT2D eigenvalue weighted by molar-refractivity contribution is -0.140. The summed E-state index contributed by atoms with van der Waals surface area (Å²) >= 11 is 0. The Kier molecular flexibility index (Phi) is 6.15. The van der Waals surface area contributed by atoms with Crippen molar-refractivity contribution in [2.45, 2.75) is 6.04 Å². The second-order valence-corrected chi connectivity index (χ2v) is 4.10. The van der Waals surface area contributed by atoms with Crippen LogP contribution in [0, 0.1) is 0 Å². The van der Waals surface area contributed by atoms with Gasteiger partial charge < -0.3 is 25.6 Å². The molecule has 0 bridgehead atoms. The van der Waals surface area contributed by atoms with Crippen LogP contribution in [0.4, 0.5) is 0 Å². The van der Waals surface area contributed by atoms with E-state index in [1.807, 2.05) is 0 Å². The molecule has 1 unspecified atom stereocenters. The average Bonchev–Trinajstić information content (AvgIpc) is 2.45.